The predicted octanol–water partition coefficient (Wildman–Crippen LogP) is 2.80. The maximum atomic E-state index is 12.8. The van der Waals surface area contributed by atoms with E-state index in [1.165, 1.54) is 0 Å². The SMILES string of the molecule is COC1=C(C)C=C(F)CC1C. The molecule has 1 aliphatic carbocycles. The maximum Gasteiger partial charge on any atom is 0.102 e. The van der Waals surface area contributed by atoms with Crippen LogP contribution in [0.3, 0.4) is 0 Å². The number of ether oxygens (including phenoxy) is 1. The van der Waals surface area contributed by atoms with Crippen molar-refractivity contribution in [1.82, 2.24) is 0 Å². The highest BCUT2D eigenvalue weighted by Crippen LogP contribution is 2.29. The monoisotopic (exact) mass is 156 g/mol. The third-order valence-corrected chi connectivity index (χ3v) is 1.93. The van der Waals surface area contributed by atoms with Gasteiger partial charge in [0.15, 0.2) is 0 Å². The molecule has 62 valence electrons. The van der Waals surface area contributed by atoms with Crippen molar-refractivity contribution in [1.29, 1.82) is 0 Å². The fraction of sp³-hybridized carbons (Fsp3) is 0.556. The Kier molecular flexibility index (Phi) is 2.32. The Morgan fingerprint density at radius 1 is 1.64 bits per heavy atom. The molecule has 0 spiro atoms. The van der Waals surface area contributed by atoms with Crippen molar-refractivity contribution in [2.24, 2.45) is 5.92 Å². The lowest BCUT2D eigenvalue weighted by atomic mass is 9.95. The van der Waals surface area contributed by atoms with E-state index in [0.29, 0.717) is 6.42 Å². The smallest absolute Gasteiger partial charge is 0.102 e. The number of halogens is 1. The Hall–Kier alpha value is -0.790. The Morgan fingerprint density at radius 2 is 2.27 bits per heavy atom. The van der Waals surface area contributed by atoms with E-state index >= 15 is 0 Å². The molecule has 0 bridgehead atoms. The van der Waals surface area contributed by atoms with Crippen LogP contribution in [0, 0.1) is 5.92 Å². The minimum atomic E-state index is -0.0456. The van der Waals surface area contributed by atoms with Gasteiger partial charge in [-0.2, -0.15) is 0 Å². The molecule has 0 aromatic heterocycles. The van der Waals surface area contributed by atoms with Crippen LogP contribution in [0.15, 0.2) is 23.2 Å². The normalized spacial score (nSPS) is 25.1. The fourth-order valence-corrected chi connectivity index (χ4v) is 1.50. The molecule has 0 radical (unpaired) electrons. The first-order chi connectivity index (χ1) is 5.15. The van der Waals surface area contributed by atoms with Crippen LogP contribution in [0.5, 0.6) is 0 Å². The molecule has 0 aliphatic heterocycles. The summed E-state index contributed by atoms with van der Waals surface area (Å²) in [6.45, 7) is 3.84. The molecule has 0 saturated heterocycles. The average Bonchev–Trinajstić information content (AvgIpc) is 1.85. The first kappa shape index (κ1) is 8.31. The van der Waals surface area contributed by atoms with Crippen molar-refractivity contribution >= 4 is 0 Å². The van der Waals surface area contributed by atoms with Crippen LogP contribution in [-0.4, -0.2) is 7.11 Å². The number of hydrogen-bond acceptors (Lipinski definition) is 1. The van der Waals surface area contributed by atoms with E-state index in [1.54, 1.807) is 13.2 Å². The van der Waals surface area contributed by atoms with E-state index < -0.39 is 0 Å². The van der Waals surface area contributed by atoms with Gasteiger partial charge in [0, 0.05) is 12.3 Å². The van der Waals surface area contributed by atoms with Gasteiger partial charge < -0.3 is 4.74 Å². The molecule has 0 amide bonds. The van der Waals surface area contributed by atoms with Gasteiger partial charge in [-0.15, -0.1) is 0 Å². The zero-order valence-corrected chi connectivity index (χ0v) is 7.15. The summed E-state index contributed by atoms with van der Waals surface area (Å²) in [5.41, 5.74) is 0.906. The largest absolute Gasteiger partial charge is 0.501 e. The maximum absolute atomic E-state index is 12.8. The molecule has 1 nitrogen and oxygen atoms in total. The summed E-state index contributed by atoms with van der Waals surface area (Å²) in [5, 5.41) is 0. The summed E-state index contributed by atoms with van der Waals surface area (Å²) in [6, 6.07) is 0. The number of methoxy groups -OCH3 is 1. The van der Waals surface area contributed by atoms with E-state index in [0.717, 1.165) is 11.3 Å². The van der Waals surface area contributed by atoms with Gasteiger partial charge in [-0.3, -0.25) is 0 Å². The second-order valence-electron chi connectivity index (χ2n) is 2.95. The van der Waals surface area contributed by atoms with Crippen LogP contribution < -0.4 is 0 Å². The van der Waals surface area contributed by atoms with E-state index in [4.69, 9.17) is 4.74 Å². The zero-order valence-electron chi connectivity index (χ0n) is 7.15. The summed E-state index contributed by atoms with van der Waals surface area (Å²) in [4.78, 5) is 0. The van der Waals surface area contributed by atoms with Gasteiger partial charge in [0.2, 0.25) is 0 Å². The summed E-state index contributed by atoms with van der Waals surface area (Å²) in [7, 11) is 1.63. The van der Waals surface area contributed by atoms with E-state index in [-0.39, 0.29) is 11.7 Å². The molecule has 0 saturated carbocycles. The topological polar surface area (TPSA) is 9.23 Å². The summed E-state index contributed by atoms with van der Waals surface area (Å²) in [5.74, 6) is 1.05. The molecule has 0 fully saturated rings. The average molecular weight is 156 g/mol. The highest BCUT2D eigenvalue weighted by Gasteiger charge is 2.18. The molecule has 1 rings (SSSR count). The van der Waals surface area contributed by atoms with E-state index in [9.17, 15) is 4.39 Å². The molecule has 0 heterocycles. The van der Waals surface area contributed by atoms with Crippen molar-refractivity contribution in [3.8, 4) is 0 Å². The Morgan fingerprint density at radius 3 is 2.73 bits per heavy atom. The molecular weight excluding hydrogens is 143 g/mol. The summed E-state index contributed by atoms with van der Waals surface area (Å²) in [6.07, 6.45) is 2.01. The molecule has 1 atom stereocenters. The van der Waals surface area contributed by atoms with Crippen molar-refractivity contribution in [3.05, 3.63) is 23.2 Å². The first-order valence-corrected chi connectivity index (χ1v) is 3.76. The highest BCUT2D eigenvalue weighted by molar-refractivity contribution is 5.28. The molecule has 0 aromatic carbocycles. The fourth-order valence-electron chi connectivity index (χ4n) is 1.50. The summed E-state index contributed by atoms with van der Waals surface area (Å²) >= 11 is 0. The molecule has 11 heavy (non-hydrogen) atoms. The number of hydrogen-bond donors (Lipinski definition) is 0. The number of rotatable bonds is 1. The van der Waals surface area contributed by atoms with Crippen LogP contribution >= 0.6 is 0 Å². The molecule has 0 aromatic rings. The highest BCUT2D eigenvalue weighted by atomic mass is 19.1. The van der Waals surface area contributed by atoms with Gasteiger partial charge in [0.05, 0.1) is 7.11 Å². The molecule has 1 unspecified atom stereocenters. The van der Waals surface area contributed by atoms with Crippen molar-refractivity contribution in [2.75, 3.05) is 7.11 Å². The van der Waals surface area contributed by atoms with Gasteiger partial charge >= 0.3 is 0 Å². The first-order valence-electron chi connectivity index (χ1n) is 3.76. The second kappa shape index (κ2) is 3.07. The van der Waals surface area contributed by atoms with Crippen LogP contribution in [-0.2, 0) is 4.74 Å². The van der Waals surface area contributed by atoms with Crippen molar-refractivity contribution in [3.63, 3.8) is 0 Å². The van der Waals surface area contributed by atoms with Crippen molar-refractivity contribution < 1.29 is 9.13 Å². The Bertz CT molecular complexity index is 216. The van der Waals surface area contributed by atoms with Gasteiger partial charge in [0.25, 0.3) is 0 Å². The summed E-state index contributed by atoms with van der Waals surface area (Å²) < 4.78 is 17.9. The lowest BCUT2D eigenvalue weighted by Crippen LogP contribution is -2.08. The number of allylic oxidation sites excluding steroid dienone is 4. The standard InChI is InChI=1S/C9H13FO/c1-6-4-8(10)5-7(2)9(6)11-3/h4,7H,5H2,1-3H3. The third-order valence-electron chi connectivity index (χ3n) is 1.93. The van der Waals surface area contributed by atoms with Crippen LogP contribution in [0.2, 0.25) is 0 Å². The molecule has 2 heteroatoms. The minimum Gasteiger partial charge on any atom is -0.501 e. The minimum absolute atomic E-state index is 0.0456. The Labute approximate surface area is 66.6 Å². The molecular formula is C9H13FO. The van der Waals surface area contributed by atoms with E-state index in [1.807, 2.05) is 13.8 Å². The van der Waals surface area contributed by atoms with Crippen molar-refractivity contribution in [2.45, 2.75) is 20.3 Å². The van der Waals surface area contributed by atoms with Crippen LogP contribution in [0.1, 0.15) is 20.3 Å². The van der Waals surface area contributed by atoms with Crippen LogP contribution in [0.25, 0.3) is 0 Å². The van der Waals surface area contributed by atoms with E-state index in [2.05, 4.69) is 0 Å². The quantitative estimate of drug-likeness (QED) is 0.567. The lowest BCUT2D eigenvalue weighted by molar-refractivity contribution is 0.235. The third kappa shape index (κ3) is 1.62. The zero-order chi connectivity index (χ0) is 8.43. The second-order valence-corrected chi connectivity index (χ2v) is 2.95. The van der Waals surface area contributed by atoms with Crippen LogP contribution in [0.4, 0.5) is 4.39 Å². The van der Waals surface area contributed by atoms with Gasteiger partial charge in [-0.25, -0.2) is 4.39 Å². The molecule has 0 N–H and O–H groups in total. The lowest BCUT2D eigenvalue weighted by Gasteiger charge is -2.19. The van der Waals surface area contributed by atoms with Gasteiger partial charge in [-0.05, 0) is 18.6 Å². The predicted molar refractivity (Wildman–Crippen MR) is 42.7 cm³/mol. The van der Waals surface area contributed by atoms with Gasteiger partial charge in [-0.1, -0.05) is 6.92 Å². The molecule has 1 aliphatic rings. The Balaban J connectivity index is 2.92. The van der Waals surface area contributed by atoms with Gasteiger partial charge in [0.1, 0.15) is 11.6 Å².